The van der Waals surface area contributed by atoms with Crippen LogP contribution < -0.4 is 4.74 Å². The summed E-state index contributed by atoms with van der Waals surface area (Å²) in [5, 5.41) is 9.12. The number of benzene rings is 1. The molecule has 0 amide bonds. The van der Waals surface area contributed by atoms with E-state index in [-0.39, 0.29) is 35.6 Å². The molecule has 6 unspecified atom stereocenters. The minimum Gasteiger partial charge on any atom is -0.491 e. The number of hydrogen-bond acceptors (Lipinski definition) is 4. The van der Waals surface area contributed by atoms with E-state index in [1.165, 1.54) is 56.9 Å². The Morgan fingerprint density at radius 1 is 0.951 bits per heavy atom. The highest BCUT2D eigenvalue weighted by atomic mass is 16.6. The van der Waals surface area contributed by atoms with E-state index in [0.29, 0.717) is 12.5 Å². The fourth-order valence-corrected chi connectivity index (χ4v) is 6.41. The van der Waals surface area contributed by atoms with Crippen LogP contribution in [0.2, 0.25) is 0 Å². The molecule has 1 N–H and O–H groups in total. The molecule has 5 nitrogen and oxygen atoms in total. The zero-order valence-electron chi connectivity index (χ0n) is 27.5. The van der Waals surface area contributed by atoms with Crippen LogP contribution in [0, 0.1) is 16.7 Å². The van der Waals surface area contributed by atoms with Gasteiger partial charge >= 0.3 is 5.97 Å². The van der Waals surface area contributed by atoms with Crippen molar-refractivity contribution < 1.29 is 24.1 Å². The van der Waals surface area contributed by atoms with E-state index >= 15 is 0 Å². The lowest BCUT2D eigenvalue weighted by atomic mass is 9.60. The van der Waals surface area contributed by atoms with Crippen molar-refractivity contribution in [3.63, 3.8) is 0 Å². The first-order valence-corrected chi connectivity index (χ1v) is 16.8. The summed E-state index contributed by atoms with van der Waals surface area (Å²) in [6.45, 7) is 17.8. The number of rotatable bonds is 24. The summed E-state index contributed by atoms with van der Waals surface area (Å²) in [5.41, 5.74) is 1.22. The molecule has 0 bridgehead atoms. The van der Waals surface area contributed by atoms with Crippen LogP contribution in [0.3, 0.4) is 0 Å². The Bertz CT molecular complexity index is 850. The summed E-state index contributed by atoms with van der Waals surface area (Å²) in [7, 11) is 0. The van der Waals surface area contributed by atoms with Gasteiger partial charge in [-0.25, -0.2) is 0 Å². The fraction of sp³-hybridized carbons (Fsp3) is 0.806. The molecule has 236 valence electrons. The molecule has 1 heterocycles. The molecule has 41 heavy (non-hydrogen) atoms. The molecule has 0 saturated carbocycles. The predicted molar refractivity (Wildman–Crippen MR) is 170 cm³/mol. The normalized spacial score (nSPS) is 20.0. The Kier molecular flexibility index (Phi) is 15.8. The molecule has 0 radical (unpaired) electrons. The predicted octanol–water partition coefficient (Wildman–Crippen LogP) is 10.2. The molecular formula is C36H62O5. The van der Waals surface area contributed by atoms with Gasteiger partial charge in [-0.15, -0.1) is 0 Å². The smallest absolute Gasteiger partial charge is 0.303 e. The van der Waals surface area contributed by atoms with Gasteiger partial charge in [0.15, 0.2) is 0 Å². The number of aliphatic carboxylic acids is 1. The lowest BCUT2D eigenvalue weighted by molar-refractivity contribution is -0.159. The zero-order valence-corrected chi connectivity index (χ0v) is 27.5. The first kappa shape index (κ1) is 35.6. The first-order chi connectivity index (χ1) is 19.6. The molecule has 1 aliphatic heterocycles. The molecule has 1 aliphatic rings. The van der Waals surface area contributed by atoms with Gasteiger partial charge in [0.05, 0.1) is 18.8 Å². The van der Waals surface area contributed by atoms with Crippen LogP contribution in [0.1, 0.15) is 150 Å². The average molecular weight is 575 g/mol. The number of carbonyl (C=O) groups is 1. The number of hydrogen-bond donors (Lipinski definition) is 1. The van der Waals surface area contributed by atoms with Crippen LogP contribution in [0.4, 0.5) is 0 Å². The van der Waals surface area contributed by atoms with Crippen molar-refractivity contribution in [3.8, 4) is 5.75 Å². The monoisotopic (exact) mass is 574 g/mol. The highest BCUT2D eigenvalue weighted by Gasteiger charge is 2.48. The Morgan fingerprint density at radius 3 is 2.15 bits per heavy atom. The Labute approximate surface area is 252 Å². The quantitative estimate of drug-likeness (QED) is 0.0982. The summed E-state index contributed by atoms with van der Waals surface area (Å²) in [6, 6.07) is 8.38. The number of carboxylic acid groups (broad SMARTS) is 1. The number of epoxide rings is 1. The van der Waals surface area contributed by atoms with E-state index in [1.54, 1.807) is 0 Å². The Hall–Kier alpha value is -1.59. The molecule has 0 aliphatic carbocycles. The van der Waals surface area contributed by atoms with Gasteiger partial charge in [0, 0.05) is 6.42 Å². The molecule has 6 atom stereocenters. The highest BCUT2D eigenvalue weighted by Crippen LogP contribution is 2.51. The maximum absolute atomic E-state index is 11.1. The van der Waals surface area contributed by atoms with Gasteiger partial charge in [-0.2, -0.15) is 0 Å². The van der Waals surface area contributed by atoms with Gasteiger partial charge in [0.1, 0.15) is 18.5 Å². The maximum atomic E-state index is 11.1. The van der Waals surface area contributed by atoms with Crippen molar-refractivity contribution >= 4 is 5.97 Å². The van der Waals surface area contributed by atoms with Crippen LogP contribution in [-0.2, 0) is 14.3 Å². The average Bonchev–Trinajstić information content (AvgIpc) is 3.80. The van der Waals surface area contributed by atoms with Crippen LogP contribution in [0.25, 0.3) is 0 Å². The van der Waals surface area contributed by atoms with Gasteiger partial charge in [0.2, 0.25) is 0 Å². The minimum atomic E-state index is -0.698. The van der Waals surface area contributed by atoms with Crippen molar-refractivity contribution in [2.75, 3.05) is 13.2 Å². The van der Waals surface area contributed by atoms with Crippen LogP contribution in [0.5, 0.6) is 5.75 Å². The summed E-state index contributed by atoms with van der Waals surface area (Å²) in [4.78, 5) is 11.1. The summed E-state index contributed by atoms with van der Waals surface area (Å²) in [5.74, 6) is 0.606. The van der Waals surface area contributed by atoms with E-state index in [9.17, 15) is 4.79 Å². The van der Waals surface area contributed by atoms with Crippen molar-refractivity contribution in [3.05, 3.63) is 29.8 Å². The third-order valence-corrected chi connectivity index (χ3v) is 10.1. The standard InChI is InChI=1S/C36H62O5/c1-8-11-12-13-14-15-18-25-35(6,9-2)34(36(7,10-3)28(4)19-16-17-20-33(37)38)41-29(5)30-21-23-31(24-22-30)39-26-32-27-40-32/h21-24,28-29,32,34H,8-20,25-27H2,1-7H3,(H,37,38). The van der Waals surface area contributed by atoms with Crippen molar-refractivity contribution in [2.45, 2.75) is 157 Å². The van der Waals surface area contributed by atoms with Gasteiger partial charge in [-0.3, -0.25) is 4.79 Å². The van der Waals surface area contributed by atoms with Crippen molar-refractivity contribution in [1.82, 2.24) is 0 Å². The first-order valence-electron chi connectivity index (χ1n) is 16.8. The third-order valence-electron chi connectivity index (χ3n) is 10.1. The molecule has 0 aromatic heterocycles. The molecule has 1 aromatic carbocycles. The van der Waals surface area contributed by atoms with Crippen LogP contribution >= 0.6 is 0 Å². The maximum Gasteiger partial charge on any atom is 0.303 e. The largest absolute Gasteiger partial charge is 0.491 e. The molecule has 1 saturated heterocycles. The van der Waals surface area contributed by atoms with E-state index in [1.807, 2.05) is 12.1 Å². The van der Waals surface area contributed by atoms with Gasteiger partial charge < -0.3 is 19.3 Å². The second-order valence-corrected chi connectivity index (χ2v) is 13.3. The summed E-state index contributed by atoms with van der Waals surface area (Å²) < 4.78 is 18.3. The lowest BCUT2D eigenvalue weighted by Crippen LogP contribution is -2.50. The number of carboxylic acids is 1. The minimum absolute atomic E-state index is 0.0172. The fourth-order valence-electron chi connectivity index (χ4n) is 6.41. The lowest BCUT2D eigenvalue weighted by Gasteiger charge is -2.51. The highest BCUT2D eigenvalue weighted by molar-refractivity contribution is 5.66. The molecule has 0 spiro atoms. The van der Waals surface area contributed by atoms with E-state index in [4.69, 9.17) is 19.3 Å². The van der Waals surface area contributed by atoms with Crippen LogP contribution in [0.15, 0.2) is 24.3 Å². The van der Waals surface area contributed by atoms with Gasteiger partial charge in [-0.1, -0.05) is 111 Å². The van der Waals surface area contributed by atoms with Crippen LogP contribution in [-0.4, -0.2) is 36.5 Å². The van der Waals surface area contributed by atoms with Crippen molar-refractivity contribution in [1.29, 1.82) is 0 Å². The Morgan fingerprint density at radius 2 is 1.59 bits per heavy atom. The molecule has 5 heteroatoms. The number of ether oxygens (including phenoxy) is 3. The summed E-state index contributed by atoms with van der Waals surface area (Å²) >= 11 is 0. The number of unbranched alkanes of at least 4 members (excludes halogenated alkanes) is 7. The molecule has 2 rings (SSSR count). The SMILES string of the molecule is CCCCCCCCCC(C)(CC)C(OC(C)c1ccc(OCC2CO2)cc1)C(C)(CC)C(C)CCCCC(=O)O. The van der Waals surface area contributed by atoms with E-state index < -0.39 is 5.97 Å². The zero-order chi connectivity index (χ0) is 30.3. The molecule has 1 aromatic rings. The topological polar surface area (TPSA) is 68.3 Å². The summed E-state index contributed by atoms with van der Waals surface area (Å²) in [6.07, 6.45) is 15.8. The van der Waals surface area contributed by atoms with Crippen molar-refractivity contribution in [2.24, 2.45) is 16.7 Å². The molecule has 1 fully saturated rings. The van der Waals surface area contributed by atoms with E-state index in [2.05, 4.69) is 60.6 Å². The van der Waals surface area contributed by atoms with Gasteiger partial charge in [0.25, 0.3) is 0 Å². The van der Waals surface area contributed by atoms with Gasteiger partial charge in [-0.05, 0) is 67.1 Å². The third kappa shape index (κ3) is 11.9. The van der Waals surface area contributed by atoms with E-state index in [0.717, 1.165) is 44.5 Å². The Balaban J connectivity index is 2.19. The molecular weight excluding hydrogens is 512 g/mol. The second kappa shape index (κ2) is 18.2. The second-order valence-electron chi connectivity index (χ2n) is 13.3.